The third-order valence-electron chi connectivity index (χ3n) is 3.78. The van der Waals surface area contributed by atoms with Gasteiger partial charge in [-0.3, -0.25) is 4.90 Å². The van der Waals surface area contributed by atoms with Crippen LogP contribution in [0.1, 0.15) is 18.9 Å². The lowest BCUT2D eigenvalue weighted by Crippen LogP contribution is -2.44. The van der Waals surface area contributed by atoms with Gasteiger partial charge < -0.3 is 19.5 Å². The third kappa shape index (κ3) is 2.88. The van der Waals surface area contributed by atoms with Crippen LogP contribution < -0.4 is 10.2 Å². The number of aromatic nitrogens is 2. The average Bonchev–Trinajstić information content (AvgIpc) is 2.98. The van der Waals surface area contributed by atoms with Crippen LogP contribution in [0.4, 0.5) is 5.95 Å². The predicted octanol–water partition coefficient (Wildman–Crippen LogP) is -0.128. The molecular weight excluding hydrogens is 246 g/mol. The molecule has 1 unspecified atom stereocenters. The van der Waals surface area contributed by atoms with E-state index in [4.69, 9.17) is 9.26 Å². The number of piperazine rings is 1. The first-order valence-electron chi connectivity index (χ1n) is 6.95. The third-order valence-corrected chi connectivity index (χ3v) is 3.78. The Bertz CT molecular complexity index is 399. The van der Waals surface area contributed by atoms with Crippen molar-refractivity contribution in [1.29, 1.82) is 0 Å². The minimum absolute atomic E-state index is 0.185. The van der Waals surface area contributed by atoms with Crippen LogP contribution in [0.25, 0.3) is 0 Å². The maximum absolute atomic E-state index is 5.43. The Morgan fingerprint density at radius 1 is 1.16 bits per heavy atom. The maximum Gasteiger partial charge on any atom is 0.266 e. The van der Waals surface area contributed by atoms with E-state index in [9.17, 15) is 0 Å². The van der Waals surface area contributed by atoms with Crippen LogP contribution in [0.15, 0.2) is 4.52 Å². The van der Waals surface area contributed by atoms with E-state index < -0.39 is 0 Å². The fraction of sp³-hybridized carbons (Fsp3) is 0.833. The lowest BCUT2D eigenvalue weighted by atomic mass is 10.2. The highest BCUT2D eigenvalue weighted by atomic mass is 16.5. The van der Waals surface area contributed by atoms with E-state index in [2.05, 4.69) is 32.2 Å². The Labute approximate surface area is 112 Å². The molecule has 2 aliphatic rings. The van der Waals surface area contributed by atoms with Gasteiger partial charge in [0.05, 0.1) is 19.3 Å². The minimum Gasteiger partial charge on any atom is -0.378 e. The zero-order valence-electron chi connectivity index (χ0n) is 11.3. The number of anilines is 1. The van der Waals surface area contributed by atoms with Gasteiger partial charge in [-0.05, 0) is 12.1 Å². The van der Waals surface area contributed by atoms with Gasteiger partial charge in [-0.1, -0.05) is 0 Å². The Morgan fingerprint density at radius 3 is 2.63 bits per heavy atom. The molecule has 19 heavy (non-hydrogen) atoms. The van der Waals surface area contributed by atoms with E-state index in [0.29, 0.717) is 11.8 Å². The van der Waals surface area contributed by atoms with Gasteiger partial charge in [0.15, 0.2) is 0 Å². The molecule has 0 radical (unpaired) electrons. The van der Waals surface area contributed by atoms with Crippen molar-refractivity contribution in [2.24, 2.45) is 0 Å². The van der Waals surface area contributed by atoms with E-state index in [0.717, 1.165) is 52.5 Å². The van der Waals surface area contributed by atoms with Gasteiger partial charge in [0, 0.05) is 39.3 Å². The Balaban J connectivity index is 1.65. The molecule has 0 bridgehead atoms. The van der Waals surface area contributed by atoms with E-state index in [1.54, 1.807) is 0 Å². The van der Waals surface area contributed by atoms with Crippen molar-refractivity contribution in [2.45, 2.75) is 13.0 Å². The lowest BCUT2D eigenvalue weighted by Gasteiger charge is -2.30. The van der Waals surface area contributed by atoms with Gasteiger partial charge >= 0.3 is 0 Å². The molecule has 1 N–H and O–H groups in total. The van der Waals surface area contributed by atoms with Gasteiger partial charge in [0.2, 0.25) is 5.89 Å². The molecule has 1 aromatic rings. The van der Waals surface area contributed by atoms with Crippen LogP contribution in [-0.4, -0.2) is 67.5 Å². The molecule has 2 aliphatic heterocycles. The van der Waals surface area contributed by atoms with E-state index in [1.807, 2.05) is 0 Å². The molecule has 1 aromatic heterocycles. The first-order chi connectivity index (χ1) is 9.34. The van der Waals surface area contributed by atoms with E-state index >= 15 is 0 Å². The summed E-state index contributed by atoms with van der Waals surface area (Å²) in [6.45, 7) is 9.36. The molecule has 106 valence electrons. The Morgan fingerprint density at radius 2 is 1.89 bits per heavy atom. The zero-order chi connectivity index (χ0) is 13.1. The minimum atomic E-state index is 0.185. The predicted molar refractivity (Wildman–Crippen MR) is 70.2 cm³/mol. The van der Waals surface area contributed by atoms with Crippen LogP contribution in [0.2, 0.25) is 0 Å². The van der Waals surface area contributed by atoms with E-state index in [-0.39, 0.29) is 6.04 Å². The Hall–Kier alpha value is -1.18. The molecule has 7 nitrogen and oxygen atoms in total. The van der Waals surface area contributed by atoms with Gasteiger partial charge in [0.1, 0.15) is 0 Å². The van der Waals surface area contributed by atoms with Crippen molar-refractivity contribution in [3.05, 3.63) is 5.89 Å². The molecule has 3 rings (SSSR count). The maximum atomic E-state index is 5.43. The SMILES string of the molecule is CC(c1nc(N2CCOCC2)no1)N1CCNCC1. The fourth-order valence-electron chi connectivity index (χ4n) is 2.51. The number of ether oxygens (including phenoxy) is 1. The first-order valence-corrected chi connectivity index (χ1v) is 6.95. The second-order valence-corrected chi connectivity index (χ2v) is 4.99. The number of rotatable bonds is 3. The number of morpholine rings is 1. The molecule has 2 fully saturated rings. The first kappa shape index (κ1) is 12.8. The number of nitrogens with one attached hydrogen (secondary N) is 1. The molecule has 3 heterocycles. The quantitative estimate of drug-likeness (QED) is 0.818. The molecule has 7 heteroatoms. The summed E-state index contributed by atoms with van der Waals surface area (Å²) in [5, 5.41) is 7.45. The highest BCUT2D eigenvalue weighted by molar-refractivity contribution is 5.28. The number of hydrogen-bond donors (Lipinski definition) is 1. The van der Waals surface area contributed by atoms with Crippen molar-refractivity contribution in [1.82, 2.24) is 20.4 Å². The summed E-state index contributed by atoms with van der Waals surface area (Å²) in [7, 11) is 0. The lowest BCUT2D eigenvalue weighted by molar-refractivity contribution is 0.121. The van der Waals surface area contributed by atoms with Gasteiger partial charge in [-0.2, -0.15) is 4.98 Å². The average molecular weight is 267 g/mol. The molecule has 0 saturated carbocycles. The highest BCUT2D eigenvalue weighted by Crippen LogP contribution is 2.21. The van der Waals surface area contributed by atoms with Crippen LogP contribution >= 0.6 is 0 Å². The summed E-state index contributed by atoms with van der Waals surface area (Å²) in [6, 6.07) is 0.185. The summed E-state index contributed by atoms with van der Waals surface area (Å²) in [4.78, 5) is 9.02. The van der Waals surface area contributed by atoms with E-state index in [1.165, 1.54) is 0 Å². The van der Waals surface area contributed by atoms with Crippen molar-refractivity contribution in [3.8, 4) is 0 Å². The number of nitrogens with zero attached hydrogens (tertiary/aromatic N) is 4. The monoisotopic (exact) mass is 267 g/mol. The van der Waals surface area contributed by atoms with Crippen molar-refractivity contribution in [3.63, 3.8) is 0 Å². The smallest absolute Gasteiger partial charge is 0.266 e. The summed E-state index contributed by atoms with van der Waals surface area (Å²) < 4.78 is 10.8. The van der Waals surface area contributed by atoms with Gasteiger partial charge in [-0.25, -0.2) is 0 Å². The molecule has 0 amide bonds. The summed E-state index contributed by atoms with van der Waals surface area (Å²) >= 11 is 0. The molecule has 0 aliphatic carbocycles. The van der Waals surface area contributed by atoms with Crippen LogP contribution in [0, 0.1) is 0 Å². The molecular formula is C12H21N5O2. The molecule has 1 atom stereocenters. The zero-order valence-corrected chi connectivity index (χ0v) is 11.3. The molecule has 0 spiro atoms. The van der Waals surface area contributed by atoms with Crippen molar-refractivity contribution in [2.75, 3.05) is 57.4 Å². The molecule has 2 saturated heterocycles. The van der Waals surface area contributed by atoms with Crippen LogP contribution in [-0.2, 0) is 4.74 Å². The van der Waals surface area contributed by atoms with Crippen LogP contribution in [0.3, 0.4) is 0 Å². The second-order valence-electron chi connectivity index (χ2n) is 4.99. The van der Waals surface area contributed by atoms with Gasteiger partial charge in [-0.15, -0.1) is 0 Å². The highest BCUT2D eigenvalue weighted by Gasteiger charge is 2.24. The normalized spacial score (nSPS) is 23.5. The number of hydrogen-bond acceptors (Lipinski definition) is 7. The second kappa shape index (κ2) is 5.85. The largest absolute Gasteiger partial charge is 0.378 e. The Kier molecular flexibility index (Phi) is 3.95. The topological polar surface area (TPSA) is 66.7 Å². The standard InChI is InChI=1S/C12H21N5O2/c1-10(16-4-2-13-3-5-16)11-14-12(15-19-11)17-6-8-18-9-7-17/h10,13H,2-9H2,1H3. The molecule has 0 aromatic carbocycles. The van der Waals surface area contributed by atoms with Gasteiger partial charge in [0.25, 0.3) is 5.95 Å². The van der Waals surface area contributed by atoms with Crippen molar-refractivity contribution >= 4 is 5.95 Å². The summed E-state index contributed by atoms with van der Waals surface area (Å²) in [6.07, 6.45) is 0. The van der Waals surface area contributed by atoms with Crippen molar-refractivity contribution < 1.29 is 9.26 Å². The summed E-state index contributed by atoms with van der Waals surface area (Å²) in [5.41, 5.74) is 0. The fourth-order valence-corrected chi connectivity index (χ4v) is 2.51. The van der Waals surface area contributed by atoms with Crippen LogP contribution in [0.5, 0.6) is 0 Å². The summed E-state index contributed by atoms with van der Waals surface area (Å²) in [5.74, 6) is 1.41.